The number of piperidine rings is 1. The summed E-state index contributed by atoms with van der Waals surface area (Å²) in [6, 6.07) is 6.68. The van der Waals surface area contributed by atoms with E-state index in [1.807, 2.05) is 0 Å². The maximum atomic E-state index is 13.6. The van der Waals surface area contributed by atoms with Crippen LogP contribution in [0.1, 0.15) is 41.6 Å². The number of anilines is 2. The molecule has 1 atom stereocenters. The molecule has 1 unspecified atom stereocenters. The highest BCUT2D eigenvalue weighted by molar-refractivity contribution is 5.98. The second-order valence-electron chi connectivity index (χ2n) is 9.14. The molecule has 3 heterocycles. The van der Waals surface area contributed by atoms with E-state index in [4.69, 9.17) is 15.2 Å². The molecular weight excluding hydrogens is 455 g/mol. The van der Waals surface area contributed by atoms with E-state index in [2.05, 4.69) is 16.5 Å². The van der Waals surface area contributed by atoms with Crippen molar-refractivity contribution in [1.29, 1.82) is 5.26 Å². The molecule has 10 nitrogen and oxygen atoms in total. The lowest BCUT2D eigenvalue weighted by molar-refractivity contribution is 0.0551. The van der Waals surface area contributed by atoms with Crippen LogP contribution < -0.4 is 11.1 Å². The van der Waals surface area contributed by atoms with E-state index in [-0.39, 0.29) is 35.6 Å². The molecule has 1 aromatic carbocycles. The Morgan fingerprint density at radius 2 is 2.17 bits per heavy atom. The van der Waals surface area contributed by atoms with E-state index in [9.17, 15) is 19.2 Å². The van der Waals surface area contributed by atoms with Gasteiger partial charge >= 0.3 is 6.09 Å². The van der Waals surface area contributed by atoms with E-state index in [1.165, 1.54) is 12.3 Å². The molecule has 0 saturated carbocycles. The number of nitrogens with zero attached hydrogens (tertiary/aromatic N) is 4. The normalized spacial score (nSPS) is 19.2. The summed E-state index contributed by atoms with van der Waals surface area (Å²) in [5.41, 5.74) is 6.03. The van der Waals surface area contributed by atoms with E-state index in [1.54, 1.807) is 28.6 Å². The number of hydrogen-bond acceptors (Lipinski definition) is 7. The maximum Gasteiger partial charge on any atom is 0.409 e. The third-order valence-electron chi connectivity index (χ3n) is 6.71. The zero-order valence-corrected chi connectivity index (χ0v) is 19.6. The lowest BCUT2D eigenvalue weighted by Gasteiger charge is -2.40. The summed E-state index contributed by atoms with van der Waals surface area (Å²) >= 11 is 0. The van der Waals surface area contributed by atoms with Gasteiger partial charge < -0.3 is 25.4 Å². The van der Waals surface area contributed by atoms with Crippen LogP contribution in [-0.4, -0.2) is 59.6 Å². The van der Waals surface area contributed by atoms with Gasteiger partial charge in [0.1, 0.15) is 11.4 Å². The van der Waals surface area contributed by atoms with E-state index >= 15 is 0 Å². The molecule has 2 aromatic rings. The van der Waals surface area contributed by atoms with E-state index in [0.29, 0.717) is 57.0 Å². The zero-order chi connectivity index (χ0) is 25.0. The molecule has 0 spiro atoms. The smallest absolute Gasteiger partial charge is 0.409 e. The third-order valence-corrected chi connectivity index (χ3v) is 6.71. The number of carbonyl (C=O) groups is 2. The van der Waals surface area contributed by atoms with Gasteiger partial charge in [-0.05, 0) is 49.9 Å². The summed E-state index contributed by atoms with van der Waals surface area (Å²) in [7, 11) is 0. The predicted molar refractivity (Wildman–Crippen MR) is 124 cm³/mol. The zero-order valence-electron chi connectivity index (χ0n) is 19.6. The number of primary amides is 1. The van der Waals surface area contributed by atoms with Crippen molar-refractivity contribution in [2.45, 2.75) is 38.1 Å². The van der Waals surface area contributed by atoms with Crippen LogP contribution in [0.15, 0.2) is 24.4 Å². The fourth-order valence-electron chi connectivity index (χ4n) is 4.48. The van der Waals surface area contributed by atoms with Crippen LogP contribution in [0.3, 0.4) is 0 Å². The van der Waals surface area contributed by atoms with Gasteiger partial charge in [-0.3, -0.25) is 9.48 Å². The number of likely N-dealkylation sites (tertiary alicyclic amines) is 1. The second-order valence-corrected chi connectivity index (χ2v) is 9.14. The SMILES string of the molecule is Cc1cc(Nc2nn(C3(CC#N)CCN(C(=O)OCC4CCOC4)CC3)cc2C(N)=O)ccc1F. The first-order chi connectivity index (χ1) is 16.8. The quantitative estimate of drug-likeness (QED) is 0.616. The van der Waals surface area contributed by atoms with Gasteiger partial charge in [0, 0.05) is 37.5 Å². The fourth-order valence-corrected chi connectivity index (χ4v) is 4.48. The number of ether oxygens (including phenoxy) is 2. The van der Waals surface area contributed by atoms with E-state index in [0.717, 1.165) is 6.42 Å². The highest BCUT2D eigenvalue weighted by Gasteiger charge is 2.40. The summed E-state index contributed by atoms with van der Waals surface area (Å²) < 4.78 is 26.0. The van der Waals surface area contributed by atoms with Crippen LogP contribution in [0, 0.1) is 30.0 Å². The minimum absolute atomic E-state index is 0.143. The highest BCUT2D eigenvalue weighted by atomic mass is 19.1. The molecule has 1 aromatic heterocycles. The fraction of sp³-hybridized carbons (Fsp3) is 0.500. The maximum absolute atomic E-state index is 13.6. The molecule has 4 rings (SSSR count). The first-order valence-electron chi connectivity index (χ1n) is 11.6. The van der Waals surface area contributed by atoms with Gasteiger partial charge in [0.15, 0.2) is 5.82 Å². The number of hydrogen-bond donors (Lipinski definition) is 2. The summed E-state index contributed by atoms with van der Waals surface area (Å²) in [5, 5.41) is 17.1. The second kappa shape index (κ2) is 10.3. The Morgan fingerprint density at radius 1 is 1.40 bits per heavy atom. The van der Waals surface area contributed by atoms with Gasteiger partial charge in [0.2, 0.25) is 0 Å². The number of aryl methyl sites for hydroxylation is 1. The summed E-state index contributed by atoms with van der Waals surface area (Å²) in [6.07, 6.45) is 3.09. The van der Waals surface area contributed by atoms with Crippen molar-refractivity contribution in [2.75, 3.05) is 38.2 Å². The van der Waals surface area contributed by atoms with Crippen LogP contribution in [0.5, 0.6) is 0 Å². The van der Waals surface area contributed by atoms with Crippen molar-refractivity contribution in [3.05, 3.63) is 41.3 Å². The Balaban J connectivity index is 1.49. The molecule has 2 fully saturated rings. The van der Waals surface area contributed by atoms with Crippen molar-refractivity contribution in [3.63, 3.8) is 0 Å². The van der Waals surface area contributed by atoms with Gasteiger partial charge in [-0.25, -0.2) is 9.18 Å². The predicted octanol–water partition coefficient (Wildman–Crippen LogP) is 3.05. The van der Waals surface area contributed by atoms with Gasteiger partial charge in [-0.2, -0.15) is 10.4 Å². The molecule has 35 heavy (non-hydrogen) atoms. The summed E-state index contributed by atoms with van der Waals surface area (Å²) in [6.45, 7) is 4.03. The van der Waals surface area contributed by atoms with E-state index < -0.39 is 11.4 Å². The Kier molecular flexibility index (Phi) is 7.21. The first kappa shape index (κ1) is 24.5. The van der Waals surface area contributed by atoms with Crippen LogP contribution in [0.25, 0.3) is 0 Å². The summed E-state index contributed by atoms with van der Waals surface area (Å²) in [4.78, 5) is 26.3. The monoisotopic (exact) mass is 484 g/mol. The number of halogens is 1. The number of nitrogens with one attached hydrogen (secondary N) is 1. The minimum Gasteiger partial charge on any atom is -0.449 e. The molecule has 2 saturated heterocycles. The van der Waals surface area contributed by atoms with Crippen LogP contribution in [0.4, 0.5) is 20.7 Å². The van der Waals surface area contributed by atoms with Crippen LogP contribution >= 0.6 is 0 Å². The number of nitriles is 1. The number of aromatic nitrogens is 2. The number of benzene rings is 1. The highest BCUT2D eigenvalue weighted by Crippen LogP contribution is 2.35. The standard InChI is InChI=1S/C24H29FN6O4/c1-16-12-18(2-3-20(16)25)28-22-19(21(27)32)13-31(29-22)24(5-8-26)6-9-30(10-7-24)23(33)35-15-17-4-11-34-14-17/h2-3,12-13,17H,4-7,9-11,14-15H2,1H3,(H2,27,32)(H,28,29). The number of carbonyl (C=O) groups excluding carboxylic acids is 2. The minimum atomic E-state index is -0.715. The van der Waals surface area contributed by atoms with Crippen LogP contribution in [0.2, 0.25) is 0 Å². The third kappa shape index (κ3) is 5.38. The molecule has 0 aliphatic carbocycles. The van der Waals surface area contributed by atoms with Crippen molar-refractivity contribution in [1.82, 2.24) is 14.7 Å². The first-order valence-corrected chi connectivity index (χ1v) is 11.6. The number of nitrogens with two attached hydrogens (primary N) is 1. The summed E-state index contributed by atoms with van der Waals surface area (Å²) in [5.74, 6) is -0.567. The lowest BCUT2D eigenvalue weighted by atomic mass is 9.85. The molecule has 2 aliphatic heterocycles. The molecule has 2 aliphatic rings. The van der Waals surface area contributed by atoms with Gasteiger partial charge in [-0.1, -0.05) is 0 Å². The molecule has 186 valence electrons. The number of rotatable bonds is 7. The lowest BCUT2D eigenvalue weighted by Crippen LogP contribution is -2.48. The Morgan fingerprint density at radius 3 is 2.80 bits per heavy atom. The molecule has 0 bridgehead atoms. The van der Waals surface area contributed by atoms with Gasteiger partial charge in [0.05, 0.1) is 31.2 Å². The Bertz CT molecular complexity index is 1130. The van der Waals surface area contributed by atoms with Gasteiger partial charge in [-0.15, -0.1) is 0 Å². The van der Waals surface area contributed by atoms with Crippen molar-refractivity contribution in [3.8, 4) is 6.07 Å². The molecule has 2 amide bonds. The Labute approximate surface area is 202 Å². The van der Waals surface area contributed by atoms with Crippen molar-refractivity contribution >= 4 is 23.5 Å². The Hall–Kier alpha value is -3.65. The molecule has 0 radical (unpaired) electrons. The van der Waals surface area contributed by atoms with Gasteiger partial charge in [0.25, 0.3) is 5.91 Å². The molecular formula is C24H29FN6O4. The molecule has 11 heteroatoms. The largest absolute Gasteiger partial charge is 0.449 e. The van der Waals surface area contributed by atoms with Crippen LogP contribution in [-0.2, 0) is 15.0 Å². The van der Waals surface area contributed by atoms with Crippen molar-refractivity contribution < 1.29 is 23.5 Å². The topological polar surface area (TPSA) is 136 Å². The van der Waals surface area contributed by atoms with Crippen molar-refractivity contribution in [2.24, 2.45) is 11.7 Å². The average molecular weight is 485 g/mol. The molecule has 3 N–H and O–H groups in total. The number of amides is 2. The average Bonchev–Trinajstić information content (AvgIpc) is 3.51.